The number of thiophene rings is 1. The van der Waals surface area contributed by atoms with Crippen molar-refractivity contribution < 1.29 is 4.39 Å². The van der Waals surface area contributed by atoms with Crippen molar-refractivity contribution >= 4 is 50.7 Å². The van der Waals surface area contributed by atoms with E-state index in [1.807, 2.05) is 46.2 Å². The molecule has 3 heterocycles. The first-order chi connectivity index (χ1) is 15.1. The molecule has 0 spiro atoms. The highest BCUT2D eigenvalue weighted by Gasteiger charge is 2.18. The number of hydrogen-bond acceptors (Lipinski definition) is 5. The zero-order valence-corrected chi connectivity index (χ0v) is 18.6. The van der Waals surface area contributed by atoms with Crippen molar-refractivity contribution in [3.05, 3.63) is 92.3 Å². The molecule has 0 atom stereocenters. The zero-order valence-electron chi connectivity index (χ0n) is 16.2. The molecule has 0 saturated carbocycles. The number of nitrogens with zero attached hydrogens (tertiary/aromatic N) is 4. The lowest BCUT2D eigenvalue weighted by Crippen LogP contribution is -2.23. The van der Waals surface area contributed by atoms with Gasteiger partial charge in [0.05, 0.1) is 5.52 Å². The van der Waals surface area contributed by atoms with Crippen LogP contribution >= 0.6 is 34.7 Å². The van der Waals surface area contributed by atoms with E-state index in [-0.39, 0.29) is 11.4 Å². The van der Waals surface area contributed by atoms with Crippen LogP contribution in [-0.4, -0.2) is 19.2 Å². The third-order valence-corrected chi connectivity index (χ3v) is 7.26. The average Bonchev–Trinajstić information content (AvgIpc) is 3.41. The first kappa shape index (κ1) is 20.2. The summed E-state index contributed by atoms with van der Waals surface area (Å²) in [6, 6.07) is 16.5. The average molecular weight is 471 g/mol. The highest BCUT2D eigenvalue weighted by atomic mass is 35.5. The largest absolute Gasteiger partial charge is 0.275 e. The molecule has 5 nitrogen and oxygen atoms in total. The van der Waals surface area contributed by atoms with E-state index in [0.717, 1.165) is 11.1 Å². The minimum absolute atomic E-state index is 0.0745. The topological polar surface area (TPSA) is 52.2 Å². The second-order valence-electron chi connectivity index (χ2n) is 6.93. The molecule has 0 saturated heterocycles. The van der Waals surface area contributed by atoms with E-state index < -0.39 is 0 Å². The Labute approximate surface area is 190 Å². The molecule has 31 heavy (non-hydrogen) atoms. The van der Waals surface area contributed by atoms with E-state index in [0.29, 0.717) is 44.9 Å². The maximum Gasteiger partial charge on any atom is 0.272 e. The molecule has 0 radical (unpaired) electrons. The molecule has 0 amide bonds. The summed E-state index contributed by atoms with van der Waals surface area (Å²) in [7, 11) is 0. The van der Waals surface area contributed by atoms with Crippen LogP contribution in [0, 0.1) is 5.82 Å². The number of benzene rings is 2. The summed E-state index contributed by atoms with van der Waals surface area (Å²) < 4.78 is 18.4. The van der Waals surface area contributed by atoms with Crippen molar-refractivity contribution in [1.82, 2.24) is 19.2 Å². The number of hydrogen-bond donors (Lipinski definition) is 0. The lowest BCUT2D eigenvalue weighted by atomic mass is 10.1. The fourth-order valence-corrected chi connectivity index (χ4v) is 5.60. The molecular weight excluding hydrogens is 455 g/mol. The summed E-state index contributed by atoms with van der Waals surface area (Å²) in [6.07, 6.45) is 0.702. The molecule has 0 aliphatic rings. The highest BCUT2D eigenvalue weighted by Crippen LogP contribution is 2.30. The summed E-state index contributed by atoms with van der Waals surface area (Å²) >= 11 is 8.91. The fraction of sp³-hybridized carbons (Fsp3) is 0.136. The molecule has 2 aromatic carbocycles. The lowest BCUT2D eigenvalue weighted by Gasteiger charge is -2.10. The van der Waals surface area contributed by atoms with Crippen molar-refractivity contribution in [3.8, 4) is 0 Å². The maximum absolute atomic E-state index is 14.2. The van der Waals surface area contributed by atoms with Gasteiger partial charge in [-0.1, -0.05) is 59.8 Å². The molecule has 0 aliphatic carbocycles. The number of aromatic nitrogens is 4. The van der Waals surface area contributed by atoms with Gasteiger partial charge in [-0.15, -0.1) is 21.5 Å². The Balaban J connectivity index is 1.55. The number of thioether (sulfide) groups is 1. The number of halogens is 2. The molecule has 0 fully saturated rings. The number of rotatable bonds is 6. The van der Waals surface area contributed by atoms with Crippen LogP contribution in [-0.2, 0) is 18.7 Å². The molecule has 5 aromatic rings. The second-order valence-corrected chi connectivity index (χ2v) is 9.20. The first-order valence-electron chi connectivity index (χ1n) is 9.58. The Morgan fingerprint density at radius 3 is 2.71 bits per heavy atom. The van der Waals surface area contributed by atoms with Crippen molar-refractivity contribution in [3.63, 3.8) is 0 Å². The summed E-state index contributed by atoms with van der Waals surface area (Å²) in [4.78, 5) is 13.1. The maximum atomic E-state index is 14.2. The Bertz CT molecular complexity index is 1420. The highest BCUT2D eigenvalue weighted by molar-refractivity contribution is 7.98. The van der Waals surface area contributed by atoms with Crippen molar-refractivity contribution in [2.45, 2.75) is 23.9 Å². The van der Waals surface area contributed by atoms with Gasteiger partial charge < -0.3 is 0 Å². The van der Waals surface area contributed by atoms with Crippen molar-refractivity contribution in [2.24, 2.45) is 0 Å². The third kappa shape index (κ3) is 3.75. The van der Waals surface area contributed by atoms with E-state index in [9.17, 15) is 9.18 Å². The predicted molar refractivity (Wildman–Crippen MR) is 124 cm³/mol. The normalized spacial score (nSPS) is 11.5. The predicted octanol–water partition coefficient (Wildman–Crippen LogP) is 5.43. The van der Waals surface area contributed by atoms with Crippen molar-refractivity contribution in [1.29, 1.82) is 0 Å². The van der Waals surface area contributed by atoms with Gasteiger partial charge in [-0.2, -0.15) is 0 Å². The molecule has 0 aliphatic heterocycles. The van der Waals surface area contributed by atoms with Crippen LogP contribution < -0.4 is 5.56 Å². The van der Waals surface area contributed by atoms with E-state index in [1.165, 1.54) is 29.2 Å². The minimum Gasteiger partial charge on any atom is -0.275 e. The Morgan fingerprint density at radius 1 is 1.06 bits per heavy atom. The van der Waals surface area contributed by atoms with E-state index in [1.54, 1.807) is 16.7 Å². The molecule has 9 heteroatoms. The van der Waals surface area contributed by atoms with Gasteiger partial charge in [0.2, 0.25) is 5.78 Å². The van der Waals surface area contributed by atoms with E-state index >= 15 is 0 Å². The van der Waals surface area contributed by atoms with Gasteiger partial charge in [0, 0.05) is 22.9 Å². The summed E-state index contributed by atoms with van der Waals surface area (Å²) in [5.41, 5.74) is 2.25. The molecule has 3 aromatic heterocycles. The monoisotopic (exact) mass is 470 g/mol. The van der Waals surface area contributed by atoms with Gasteiger partial charge in [-0.3, -0.25) is 13.8 Å². The quantitative estimate of drug-likeness (QED) is 0.310. The van der Waals surface area contributed by atoms with Crippen LogP contribution in [0.2, 0.25) is 5.02 Å². The van der Waals surface area contributed by atoms with Gasteiger partial charge in [0.1, 0.15) is 10.5 Å². The minimum atomic E-state index is -0.353. The smallest absolute Gasteiger partial charge is 0.272 e. The van der Waals surface area contributed by atoms with Gasteiger partial charge >= 0.3 is 0 Å². The summed E-state index contributed by atoms with van der Waals surface area (Å²) in [5.74, 6) is 0.435. The van der Waals surface area contributed by atoms with Crippen LogP contribution in [0.4, 0.5) is 4.39 Å². The second kappa shape index (κ2) is 8.45. The van der Waals surface area contributed by atoms with Crippen LogP contribution in [0.3, 0.4) is 0 Å². The first-order valence-corrected chi connectivity index (χ1v) is 11.8. The van der Waals surface area contributed by atoms with Crippen LogP contribution in [0.15, 0.2) is 69.9 Å². The molecule has 0 bridgehead atoms. The number of aryl methyl sites for hydroxylation is 2. The zero-order chi connectivity index (χ0) is 21.4. The fourth-order valence-electron chi connectivity index (χ4n) is 3.49. The molecular formula is C22H16ClFN4OS2. The Hall–Kier alpha value is -2.68. The number of fused-ring (bicyclic) bond motifs is 3. The standard InChI is InChI=1S/C22H16ClFN4OS2/c23-16-7-4-8-17(24)15(16)13-31-22-26-25-21-27(11-9-14-5-2-1-3-6-14)20(29)19-18(28(21)22)10-12-30-19/h1-8,10,12H,9,11,13H2. The van der Waals surface area contributed by atoms with Gasteiger partial charge in [-0.25, -0.2) is 4.39 Å². The van der Waals surface area contributed by atoms with Crippen LogP contribution in [0.5, 0.6) is 0 Å². The Kier molecular flexibility index (Phi) is 5.52. The summed E-state index contributed by atoms with van der Waals surface area (Å²) in [6.45, 7) is 0.488. The lowest BCUT2D eigenvalue weighted by molar-refractivity contribution is 0.617. The van der Waals surface area contributed by atoms with Crippen LogP contribution in [0.1, 0.15) is 11.1 Å². The molecule has 156 valence electrons. The summed E-state index contributed by atoms with van der Waals surface area (Å²) in [5, 5.41) is 11.5. The van der Waals surface area contributed by atoms with E-state index in [2.05, 4.69) is 10.2 Å². The Morgan fingerprint density at radius 2 is 1.90 bits per heavy atom. The molecule has 0 unspecified atom stereocenters. The SMILES string of the molecule is O=c1c2sccc2n2c(SCc3c(F)cccc3Cl)nnc2n1CCc1ccccc1. The van der Waals surface area contributed by atoms with Gasteiger partial charge in [0.15, 0.2) is 5.16 Å². The molecule has 0 N–H and O–H groups in total. The third-order valence-electron chi connectivity index (χ3n) is 5.06. The molecule has 5 rings (SSSR count). The van der Waals surface area contributed by atoms with Crippen molar-refractivity contribution in [2.75, 3.05) is 0 Å². The van der Waals surface area contributed by atoms with Gasteiger partial charge in [0.25, 0.3) is 5.56 Å². The van der Waals surface area contributed by atoms with E-state index in [4.69, 9.17) is 11.6 Å². The van der Waals surface area contributed by atoms with Crippen LogP contribution in [0.25, 0.3) is 16.0 Å². The van der Waals surface area contributed by atoms with Gasteiger partial charge in [-0.05, 0) is 35.6 Å².